The molecular formula is C20H22O2S. The molecule has 0 radical (unpaired) electrons. The fourth-order valence-electron chi connectivity index (χ4n) is 4.13. The van der Waals surface area contributed by atoms with Gasteiger partial charge in [0.15, 0.2) is 0 Å². The van der Waals surface area contributed by atoms with Gasteiger partial charge in [-0.05, 0) is 35.8 Å². The molecule has 2 aromatic rings. The molecule has 1 aliphatic carbocycles. The van der Waals surface area contributed by atoms with Gasteiger partial charge in [-0.25, -0.2) is 0 Å². The van der Waals surface area contributed by atoms with Gasteiger partial charge in [0.25, 0.3) is 0 Å². The molecule has 0 N–H and O–H groups in total. The SMILES string of the molecule is C[C@H](/C=C/[C@@H]1[C@H]2CC(=O)O[C@H]2C[C@H]1C)c1cc2ccccc2s1. The predicted octanol–water partition coefficient (Wildman–Crippen LogP) is 5.15. The highest BCUT2D eigenvalue weighted by Crippen LogP contribution is 2.45. The molecule has 0 bridgehead atoms. The topological polar surface area (TPSA) is 26.3 Å². The van der Waals surface area contributed by atoms with Crippen molar-refractivity contribution in [1.29, 1.82) is 0 Å². The largest absolute Gasteiger partial charge is 0.462 e. The Bertz CT molecular complexity index is 727. The Morgan fingerprint density at radius 2 is 2.17 bits per heavy atom. The molecule has 5 atom stereocenters. The molecule has 120 valence electrons. The minimum absolute atomic E-state index is 0.0112. The number of ether oxygens (including phenoxy) is 1. The van der Waals surface area contributed by atoms with E-state index in [0.29, 0.717) is 30.1 Å². The average molecular weight is 326 g/mol. The third kappa shape index (κ3) is 2.72. The van der Waals surface area contributed by atoms with Crippen LogP contribution in [-0.4, -0.2) is 12.1 Å². The highest BCUT2D eigenvalue weighted by atomic mass is 32.1. The Morgan fingerprint density at radius 1 is 1.35 bits per heavy atom. The second-order valence-corrected chi connectivity index (χ2v) is 8.16. The number of allylic oxidation sites excluding steroid dienone is 2. The molecule has 0 spiro atoms. The van der Waals surface area contributed by atoms with E-state index < -0.39 is 0 Å². The molecule has 1 aromatic carbocycles. The minimum Gasteiger partial charge on any atom is -0.462 e. The lowest BCUT2D eigenvalue weighted by molar-refractivity contribution is -0.141. The van der Waals surface area contributed by atoms with Crippen molar-refractivity contribution in [3.05, 3.63) is 47.4 Å². The van der Waals surface area contributed by atoms with Gasteiger partial charge in [-0.2, -0.15) is 0 Å². The van der Waals surface area contributed by atoms with E-state index in [-0.39, 0.29) is 12.1 Å². The van der Waals surface area contributed by atoms with E-state index in [0.717, 1.165) is 6.42 Å². The highest BCUT2D eigenvalue weighted by Gasteiger charge is 2.47. The summed E-state index contributed by atoms with van der Waals surface area (Å²) in [5.41, 5.74) is 0. The first-order valence-electron chi connectivity index (χ1n) is 8.48. The Labute approximate surface area is 141 Å². The fraction of sp³-hybridized carbons (Fsp3) is 0.450. The van der Waals surface area contributed by atoms with Crippen LogP contribution in [0.2, 0.25) is 0 Å². The summed E-state index contributed by atoms with van der Waals surface area (Å²) < 4.78 is 6.80. The van der Waals surface area contributed by atoms with Crippen LogP contribution in [0.3, 0.4) is 0 Å². The number of thiophene rings is 1. The molecule has 2 heterocycles. The van der Waals surface area contributed by atoms with Crippen LogP contribution in [0.5, 0.6) is 0 Å². The molecule has 3 heteroatoms. The number of fused-ring (bicyclic) bond motifs is 2. The summed E-state index contributed by atoms with van der Waals surface area (Å²) in [7, 11) is 0. The van der Waals surface area contributed by atoms with Crippen molar-refractivity contribution >= 4 is 27.4 Å². The predicted molar refractivity (Wildman–Crippen MR) is 94.6 cm³/mol. The van der Waals surface area contributed by atoms with Gasteiger partial charge < -0.3 is 4.74 Å². The molecule has 23 heavy (non-hydrogen) atoms. The van der Waals surface area contributed by atoms with Gasteiger partial charge in [-0.1, -0.05) is 44.2 Å². The number of carbonyl (C=O) groups is 1. The van der Waals surface area contributed by atoms with Crippen LogP contribution >= 0.6 is 11.3 Å². The molecule has 1 aliphatic heterocycles. The van der Waals surface area contributed by atoms with Gasteiger partial charge >= 0.3 is 5.97 Å². The van der Waals surface area contributed by atoms with E-state index in [1.54, 1.807) is 0 Å². The lowest BCUT2D eigenvalue weighted by atomic mass is 9.87. The maximum absolute atomic E-state index is 11.5. The first-order chi connectivity index (χ1) is 11.1. The van der Waals surface area contributed by atoms with Crippen LogP contribution in [0, 0.1) is 17.8 Å². The average Bonchev–Trinajstić information content (AvgIpc) is 3.17. The molecule has 0 amide bonds. The standard InChI is InChI=1S/C20H22O2S/c1-12(19-10-14-5-3-4-6-18(14)23-19)7-8-15-13(2)9-17-16(15)11-20(21)22-17/h3-8,10,12-13,15-17H,9,11H2,1-2H3/b8-7+/t12-,13-,15+,16-,17+/m1/s1. The molecule has 2 fully saturated rings. The summed E-state index contributed by atoms with van der Waals surface area (Å²) in [4.78, 5) is 12.9. The Kier molecular flexibility index (Phi) is 3.76. The van der Waals surface area contributed by atoms with Crippen LogP contribution in [0.15, 0.2) is 42.5 Å². The van der Waals surface area contributed by atoms with Gasteiger partial charge in [0.05, 0.1) is 6.42 Å². The van der Waals surface area contributed by atoms with Crippen LogP contribution in [0.25, 0.3) is 10.1 Å². The summed E-state index contributed by atoms with van der Waals surface area (Å²) in [6.07, 6.45) is 6.46. The van der Waals surface area contributed by atoms with Crippen molar-refractivity contribution < 1.29 is 9.53 Å². The van der Waals surface area contributed by atoms with Gasteiger partial charge in [0.1, 0.15) is 6.10 Å². The van der Waals surface area contributed by atoms with E-state index in [1.165, 1.54) is 15.0 Å². The third-order valence-electron chi connectivity index (χ3n) is 5.43. The zero-order valence-corrected chi connectivity index (χ0v) is 14.4. The van der Waals surface area contributed by atoms with Crippen LogP contribution in [-0.2, 0) is 9.53 Å². The Balaban J connectivity index is 1.52. The Morgan fingerprint density at radius 3 is 3.00 bits per heavy atom. The van der Waals surface area contributed by atoms with Gasteiger partial charge in [0.2, 0.25) is 0 Å². The maximum atomic E-state index is 11.5. The monoisotopic (exact) mass is 326 g/mol. The summed E-state index contributed by atoms with van der Waals surface area (Å²) in [5.74, 6) is 1.87. The zero-order chi connectivity index (χ0) is 16.0. The van der Waals surface area contributed by atoms with Gasteiger partial charge in [0, 0.05) is 21.4 Å². The summed E-state index contributed by atoms with van der Waals surface area (Å²) in [5, 5.41) is 1.33. The summed E-state index contributed by atoms with van der Waals surface area (Å²) in [6.45, 7) is 4.54. The van der Waals surface area contributed by atoms with E-state index in [1.807, 2.05) is 11.3 Å². The van der Waals surface area contributed by atoms with Crippen molar-refractivity contribution in [2.24, 2.45) is 17.8 Å². The molecule has 0 unspecified atom stereocenters. The van der Waals surface area contributed by atoms with Gasteiger partial charge in [-0.3, -0.25) is 4.79 Å². The number of rotatable bonds is 3. The summed E-state index contributed by atoms with van der Waals surface area (Å²) >= 11 is 1.88. The van der Waals surface area contributed by atoms with E-state index in [2.05, 4.69) is 56.3 Å². The molecule has 4 rings (SSSR count). The van der Waals surface area contributed by atoms with Crippen LogP contribution in [0.1, 0.15) is 37.5 Å². The number of carbonyl (C=O) groups excluding carboxylic acids is 1. The second kappa shape index (κ2) is 5.79. The molecule has 1 saturated heterocycles. The molecule has 2 aliphatic rings. The lowest BCUT2D eigenvalue weighted by Gasteiger charge is -2.16. The first-order valence-corrected chi connectivity index (χ1v) is 9.30. The molecule has 1 saturated carbocycles. The molecule has 2 nitrogen and oxygen atoms in total. The minimum atomic E-state index is -0.0112. The van der Waals surface area contributed by atoms with E-state index in [9.17, 15) is 4.79 Å². The zero-order valence-electron chi connectivity index (χ0n) is 13.6. The number of hydrogen-bond acceptors (Lipinski definition) is 3. The summed E-state index contributed by atoms with van der Waals surface area (Å²) in [6, 6.07) is 10.9. The Hall–Kier alpha value is -1.61. The van der Waals surface area contributed by atoms with Crippen molar-refractivity contribution in [3.8, 4) is 0 Å². The van der Waals surface area contributed by atoms with Crippen molar-refractivity contribution in [2.45, 2.75) is 38.7 Å². The van der Waals surface area contributed by atoms with Crippen LogP contribution < -0.4 is 0 Å². The lowest BCUT2D eigenvalue weighted by Crippen LogP contribution is -2.13. The van der Waals surface area contributed by atoms with Crippen LogP contribution in [0.4, 0.5) is 0 Å². The number of hydrogen-bond donors (Lipinski definition) is 0. The number of benzene rings is 1. The number of esters is 1. The smallest absolute Gasteiger partial charge is 0.306 e. The fourth-order valence-corrected chi connectivity index (χ4v) is 5.23. The molecule has 1 aromatic heterocycles. The van der Waals surface area contributed by atoms with Gasteiger partial charge in [-0.15, -0.1) is 11.3 Å². The normalized spacial score (nSPS) is 31.7. The first kappa shape index (κ1) is 14.9. The highest BCUT2D eigenvalue weighted by molar-refractivity contribution is 7.19. The molecular weight excluding hydrogens is 304 g/mol. The quantitative estimate of drug-likeness (QED) is 0.576. The van der Waals surface area contributed by atoms with Crippen molar-refractivity contribution in [1.82, 2.24) is 0 Å². The van der Waals surface area contributed by atoms with Crippen molar-refractivity contribution in [3.63, 3.8) is 0 Å². The van der Waals surface area contributed by atoms with Crippen molar-refractivity contribution in [2.75, 3.05) is 0 Å². The van der Waals surface area contributed by atoms with E-state index in [4.69, 9.17) is 4.74 Å². The van der Waals surface area contributed by atoms with E-state index >= 15 is 0 Å². The third-order valence-corrected chi connectivity index (χ3v) is 6.75. The second-order valence-electron chi connectivity index (χ2n) is 7.05. The maximum Gasteiger partial charge on any atom is 0.306 e.